The molecule has 0 aliphatic heterocycles. The zero-order chi connectivity index (χ0) is 18.8. The van der Waals surface area contributed by atoms with E-state index in [9.17, 15) is 10.1 Å². The maximum absolute atomic E-state index is 11.0. The Morgan fingerprint density at radius 2 is 1.93 bits per heavy atom. The van der Waals surface area contributed by atoms with Crippen molar-refractivity contribution >= 4 is 52.9 Å². The molecule has 27 heavy (non-hydrogen) atoms. The first-order valence-corrected chi connectivity index (χ1v) is 8.50. The molecule has 0 atom stereocenters. The fourth-order valence-electron chi connectivity index (χ4n) is 2.26. The van der Waals surface area contributed by atoms with Crippen molar-refractivity contribution in [3.63, 3.8) is 0 Å². The van der Waals surface area contributed by atoms with Crippen molar-refractivity contribution in [2.24, 2.45) is 4.99 Å². The summed E-state index contributed by atoms with van der Waals surface area (Å²) in [6.45, 7) is 1.78. The van der Waals surface area contributed by atoms with Crippen molar-refractivity contribution in [3.8, 4) is 0 Å². The van der Waals surface area contributed by atoms with E-state index in [1.54, 1.807) is 37.5 Å². The highest BCUT2D eigenvalue weighted by atomic mass is 127. The van der Waals surface area contributed by atoms with E-state index in [1.165, 1.54) is 6.07 Å². The molecule has 0 saturated carbocycles. The van der Waals surface area contributed by atoms with Gasteiger partial charge in [0.25, 0.3) is 5.69 Å². The molecule has 0 saturated heterocycles. The summed E-state index contributed by atoms with van der Waals surface area (Å²) < 4.78 is 0. The van der Waals surface area contributed by atoms with Crippen LogP contribution in [-0.2, 0) is 6.42 Å². The van der Waals surface area contributed by atoms with E-state index in [4.69, 9.17) is 11.6 Å². The number of halogens is 2. The quantitative estimate of drug-likeness (QED) is 0.0971. The Hall–Kier alpha value is -2.14. The van der Waals surface area contributed by atoms with Crippen LogP contribution >= 0.6 is 35.6 Å². The van der Waals surface area contributed by atoms with Gasteiger partial charge in [-0.3, -0.25) is 15.1 Å². The second-order valence-corrected chi connectivity index (χ2v) is 5.75. The van der Waals surface area contributed by atoms with E-state index in [0.29, 0.717) is 36.4 Å². The lowest BCUT2D eigenvalue weighted by Gasteiger charge is -2.13. The molecule has 146 valence electrons. The highest BCUT2D eigenvalue weighted by Crippen LogP contribution is 2.22. The molecule has 3 N–H and O–H groups in total. The molecule has 0 aliphatic rings. The lowest BCUT2D eigenvalue weighted by Crippen LogP contribution is -2.40. The molecule has 0 amide bonds. The Labute approximate surface area is 180 Å². The van der Waals surface area contributed by atoms with Gasteiger partial charge >= 0.3 is 0 Å². The van der Waals surface area contributed by atoms with E-state index >= 15 is 0 Å². The maximum Gasteiger partial charge on any atom is 0.292 e. The second kappa shape index (κ2) is 12.3. The Kier molecular flexibility index (Phi) is 10.4. The maximum atomic E-state index is 11.0. The molecule has 8 nitrogen and oxygen atoms in total. The highest BCUT2D eigenvalue weighted by molar-refractivity contribution is 14.0. The predicted molar refractivity (Wildman–Crippen MR) is 119 cm³/mol. The van der Waals surface area contributed by atoms with Crippen molar-refractivity contribution < 1.29 is 4.92 Å². The fourth-order valence-corrected chi connectivity index (χ4v) is 2.37. The Bertz CT molecular complexity index is 757. The van der Waals surface area contributed by atoms with Crippen LogP contribution < -0.4 is 16.0 Å². The van der Waals surface area contributed by atoms with E-state index < -0.39 is 4.92 Å². The van der Waals surface area contributed by atoms with Gasteiger partial charge in [-0.1, -0.05) is 29.8 Å². The first kappa shape index (κ1) is 22.9. The SMILES string of the molecule is CN=C(NCCNc1ccccc1[N+](=O)[O-])NCCc1ccc(Cl)nc1.I. The van der Waals surface area contributed by atoms with Crippen LogP contribution in [0.2, 0.25) is 5.15 Å². The van der Waals surface area contributed by atoms with Gasteiger partial charge in [0.1, 0.15) is 10.8 Å². The zero-order valence-corrected chi connectivity index (χ0v) is 17.9. The highest BCUT2D eigenvalue weighted by Gasteiger charge is 2.11. The van der Waals surface area contributed by atoms with Gasteiger partial charge in [0.05, 0.1) is 4.92 Å². The second-order valence-electron chi connectivity index (χ2n) is 5.37. The summed E-state index contributed by atoms with van der Waals surface area (Å²) in [7, 11) is 1.69. The van der Waals surface area contributed by atoms with Gasteiger partial charge in [0, 0.05) is 38.9 Å². The van der Waals surface area contributed by atoms with Gasteiger partial charge in [-0.15, -0.1) is 24.0 Å². The number of rotatable bonds is 8. The molecule has 1 aromatic heterocycles. The summed E-state index contributed by atoms with van der Waals surface area (Å²) in [4.78, 5) is 18.8. The van der Waals surface area contributed by atoms with Crippen LogP contribution in [0, 0.1) is 10.1 Å². The lowest BCUT2D eigenvalue weighted by atomic mass is 10.2. The molecule has 0 spiro atoms. The number of hydrogen-bond donors (Lipinski definition) is 3. The van der Waals surface area contributed by atoms with Gasteiger partial charge in [-0.2, -0.15) is 0 Å². The molecule has 0 fully saturated rings. The third-order valence-electron chi connectivity index (χ3n) is 3.55. The molecule has 2 rings (SSSR count). The number of nitro benzene ring substituents is 1. The van der Waals surface area contributed by atoms with Gasteiger partial charge in [-0.05, 0) is 24.1 Å². The molecule has 2 aromatic rings. The molecule has 0 aliphatic carbocycles. The molecule has 0 bridgehead atoms. The van der Waals surface area contributed by atoms with Gasteiger partial charge in [0.2, 0.25) is 0 Å². The molecular weight excluding hydrogens is 483 g/mol. The molecule has 1 aromatic carbocycles. The van der Waals surface area contributed by atoms with E-state index in [-0.39, 0.29) is 29.7 Å². The van der Waals surface area contributed by atoms with Crippen LogP contribution in [0.3, 0.4) is 0 Å². The topological polar surface area (TPSA) is 104 Å². The van der Waals surface area contributed by atoms with Crippen LogP contribution in [0.1, 0.15) is 5.56 Å². The average molecular weight is 505 g/mol. The molecular formula is C17H22ClIN6O2. The number of guanidine groups is 1. The van der Waals surface area contributed by atoms with Crippen molar-refractivity contribution in [3.05, 3.63) is 63.4 Å². The smallest absolute Gasteiger partial charge is 0.292 e. The number of pyridine rings is 1. The normalized spacial score (nSPS) is 10.7. The van der Waals surface area contributed by atoms with Gasteiger partial charge < -0.3 is 16.0 Å². The van der Waals surface area contributed by atoms with E-state index in [1.807, 2.05) is 6.07 Å². The molecule has 0 radical (unpaired) electrons. The van der Waals surface area contributed by atoms with Gasteiger partial charge in [0.15, 0.2) is 5.96 Å². The monoisotopic (exact) mass is 504 g/mol. The number of nitrogens with zero attached hydrogens (tertiary/aromatic N) is 3. The van der Waals surface area contributed by atoms with Crippen LogP contribution in [-0.4, -0.2) is 42.5 Å². The van der Waals surface area contributed by atoms with E-state index in [0.717, 1.165) is 12.0 Å². The largest absolute Gasteiger partial charge is 0.378 e. The average Bonchev–Trinajstić information content (AvgIpc) is 2.65. The number of aliphatic imine (C=N–C) groups is 1. The third kappa shape index (κ3) is 7.95. The molecule has 0 unspecified atom stereocenters. The summed E-state index contributed by atoms with van der Waals surface area (Å²) in [5.74, 6) is 0.663. The lowest BCUT2D eigenvalue weighted by molar-refractivity contribution is -0.384. The minimum absolute atomic E-state index is 0. The standard InChI is InChI=1S/C17H21ClN6O2.HI/c1-19-17(21-9-8-13-6-7-16(18)23-12-13)22-11-10-20-14-4-2-3-5-15(14)24(25)26;/h2-7,12,20H,8-11H2,1H3,(H2,19,21,22);1H. The number of nitro groups is 1. The number of nitrogens with one attached hydrogen (secondary N) is 3. The number of aromatic nitrogens is 1. The summed E-state index contributed by atoms with van der Waals surface area (Å²) in [5.41, 5.74) is 1.64. The van der Waals surface area contributed by atoms with E-state index in [2.05, 4.69) is 25.9 Å². The predicted octanol–water partition coefficient (Wildman–Crippen LogP) is 3.08. The summed E-state index contributed by atoms with van der Waals surface area (Å²) in [5, 5.41) is 20.9. The first-order chi connectivity index (χ1) is 12.6. The minimum atomic E-state index is -0.401. The van der Waals surface area contributed by atoms with Gasteiger partial charge in [-0.25, -0.2) is 4.98 Å². The van der Waals surface area contributed by atoms with Crippen molar-refractivity contribution in [2.75, 3.05) is 32.0 Å². The number of hydrogen-bond acceptors (Lipinski definition) is 5. The third-order valence-corrected chi connectivity index (χ3v) is 3.78. The summed E-state index contributed by atoms with van der Waals surface area (Å²) >= 11 is 5.76. The summed E-state index contributed by atoms with van der Waals surface area (Å²) in [6, 6.07) is 10.3. The number of benzene rings is 1. The Morgan fingerprint density at radius 3 is 2.59 bits per heavy atom. The zero-order valence-electron chi connectivity index (χ0n) is 14.8. The number of para-hydroxylation sites is 2. The minimum Gasteiger partial charge on any atom is -0.378 e. The van der Waals surface area contributed by atoms with Crippen LogP contribution in [0.15, 0.2) is 47.6 Å². The number of anilines is 1. The van der Waals surface area contributed by atoms with Crippen molar-refractivity contribution in [2.45, 2.75) is 6.42 Å². The Balaban J connectivity index is 0.00000364. The van der Waals surface area contributed by atoms with Crippen molar-refractivity contribution in [1.29, 1.82) is 0 Å². The van der Waals surface area contributed by atoms with Crippen molar-refractivity contribution in [1.82, 2.24) is 15.6 Å². The molecule has 10 heteroatoms. The molecule has 1 heterocycles. The summed E-state index contributed by atoms with van der Waals surface area (Å²) in [6.07, 6.45) is 2.54. The van der Waals surface area contributed by atoms with Crippen LogP contribution in [0.4, 0.5) is 11.4 Å². The first-order valence-electron chi connectivity index (χ1n) is 8.12. The van der Waals surface area contributed by atoms with Crippen LogP contribution in [0.5, 0.6) is 0 Å². The fraction of sp³-hybridized carbons (Fsp3) is 0.294. The van der Waals surface area contributed by atoms with Crippen LogP contribution in [0.25, 0.3) is 0 Å². The Morgan fingerprint density at radius 1 is 1.19 bits per heavy atom.